The van der Waals surface area contributed by atoms with Crippen molar-refractivity contribution in [2.75, 3.05) is 5.32 Å². The molecule has 0 radical (unpaired) electrons. The van der Waals surface area contributed by atoms with Crippen LogP contribution in [0, 0.1) is 19.8 Å². The lowest BCUT2D eigenvalue weighted by molar-refractivity contribution is 0.232. The third-order valence-corrected chi connectivity index (χ3v) is 3.70. The first-order valence-electron chi connectivity index (χ1n) is 6.58. The van der Waals surface area contributed by atoms with Crippen LogP contribution in [-0.4, -0.2) is 17.2 Å². The predicted molar refractivity (Wildman–Crippen MR) is 69.6 cm³/mol. The fourth-order valence-corrected chi connectivity index (χ4v) is 2.51. The Hall–Kier alpha value is -1.52. The maximum atomic E-state index is 11.9. The van der Waals surface area contributed by atoms with E-state index in [1.54, 1.807) is 6.92 Å². The molecule has 1 aliphatic carbocycles. The van der Waals surface area contributed by atoms with Gasteiger partial charge in [-0.1, -0.05) is 24.9 Å². The van der Waals surface area contributed by atoms with Crippen molar-refractivity contribution in [3.8, 4) is 0 Å². The van der Waals surface area contributed by atoms with E-state index in [-0.39, 0.29) is 12.1 Å². The summed E-state index contributed by atoms with van der Waals surface area (Å²) in [5.41, 5.74) is 1.38. The second-order valence-electron chi connectivity index (χ2n) is 5.17. The Labute approximate surface area is 107 Å². The minimum atomic E-state index is -0.164. The molecule has 5 heteroatoms. The summed E-state index contributed by atoms with van der Waals surface area (Å²) in [5.74, 6) is 1.19. The number of aromatic nitrogens is 1. The predicted octanol–water partition coefficient (Wildman–Crippen LogP) is 2.99. The normalized spacial score (nSPS) is 23.7. The summed E-state index contributed by atoms with van der Waals surface area (Å²) < 4.78 is 5.01. The number of aryl methyl sites for hydroxylation is 2. The number of carbonyl (C=O) groups excluding carboxylic acids is 1. The molecule has 0 saturated heterocycles. The van der Waals surface area contributed by atoms with Crippen LogP contribution in [0.1, 0.15) is 44.1 Å². The lowest BCUT2D eigenvalue weighted by Crippen LogP contribution is -2.43. The number of carbonyl (C=O) groups is 1. The molecule has 0 aromatic carbocycles. The van der Waals surface area contributed by atoms with Crippen LogP contribution >= 0.6 is 0 Å². The van der Waals surface area contributed by atoms with Gasteiger partial charge >= 0.3 is 6.03 Å². The van der Waals surface area contributed by atoms with Gasteiger partial charge in [0.1, 0.15) is 11.4 Å². The maximum absolute atomic E-state index is 11.9. The van der Waals surface area contributed by atoms with Crippen molar-refractivity contribution in [2.45, 2.75) is 52.5 Å². The zero-order valence-electron chi connectivity index (χ0n) is 11.2. The molecule has 0 aliphatic heterocycles. The molecule has 1 fully saturated rings. The third kappa shape index (κ3) is 2.83. The maximum Gasteiger partial charge on any atom is 0.319 e. The molecule has 1 aromatic rings. The van der Waals surface area contributed by atoms with Crippen LogP contribution in [0.25, 0.3) is 0 Å². The van der Waals surface area contributed by atoms with Crippen molar-refractivity contribution < 1.29 is 9.32 Å². The number of rotatable bonds is 2. The average molecular weight is 251 g/mol. The summed E-state index contributed by atoms with van der Waals surface area (Å²) in [5, 5.41) is 9.68. The third-order valence-electron chi connectivity index (χ3n) is 3.70. The zero-order chi connectivity index (χ0) is 13.1. The number of hydrogen-bond donors (Lipinski definition) is 2. The fourth-order valence-electron chi connectivity index (χ4n) is 2.51. The van der Waals surface area contributed by atoms with E-state index in [9.17, 15) is 4.79 Å². The molecule has 18 heavy (non-hydrogen) atoms. The molecule has 2 rings (SSSR count). The van der Waals surface area contributed by atoms with Gasteiger partial charge in [-0.15, -0.1) is 0 Å². The Bertz CT molecular complexity index is 408. The fraction of sp³-hybridized carbons (Fsp3) is 0.692. The van der Waals surface area contributed by atoms with Crippen LogP contribution in [0.4, 0.5) is 10.5 Å². The Morgan fingerprint density at radius 2 is 2.06 bits per heavy atom. The first-order chi connectivity index (χ1) is 8.58. The Morgan fingerprint density at radius 1 is 1.33 bits per heavy atom. The molecule has 1 aromatic heterocycles. The highest BCUT2D eigenvalue weighted by Gasteiger charge is 2.23. The van der Waals surface area contributed by atoms with Crippen LogP contribution in [0.5, 0.6) is 0 Å². The second kappa shape index (κ2) is 5.42. The monoisotopic (exact) mass is 251 g/mol. The summed E-state index contributed by atoms with van der Waals surface area (Å²) in [7, 11) is 0. The summed E-state index contributed by atoms with van der Waals surface area (Å²) in [6.45, 7) is 5.80. The van der Waals surface area contributed by atoms with Gasteiger partial charge in [0.2, 0.25) is 0 Å². The SMILES string of the molecule is Cc1noc(C)c1NC(=O)N[C@H]1CCCC[C@H]1C. The van der Waals surface area contributed by atoms with Gasteiger partial charge in [0, 0.05) is 6.04 Å². The number of anilines is 1. The number of nitrogens with one attached hydrogen (secondary N) is 2. The van der Waals surface area contributed by atoms with Gasteiger partial charge in [0.15, 0.2) is 5.76 Å². The summed E-state index contributed by atoms with van der Waals surface area (Å²) in [6.07, 6.45) is 4.72. The summed E-state index contributed by atoms with van der Waals surface area (Å²) in [4.78, 5) is 11.9. The molecule has 0 bridgehead atoms. The van der Waals surface area contributed by atoms with E-state index in [4.69, 9.17) is 4.52 Å². The number of urea groups is 1. The molecule has 5 nitrogen and oxygen atoms in total. The summed E-state index contributed by atoms with van der Waals surface area (Å²) in [6, 6.07) is 0.113. The molecule has 2 N–H and O–H groups in total. The first kappa shape index (κ1) is 12.9. The lowest BCUT2D eigenvalue weighted by Gasteiger charge is -2.29. The summed E-state index contributed by atoms with van der Waals surface area (Å²) >= 11 is 0. The van der Waals surface area contributed by atoms with Gasteiger partial charge in [-0.05, 0) is 32.6 Å². The van der Waals surface area contributed by atoms with E-state index < -0.39 is 0 Å². The van der Waals surface area contributed by atoms with Gasteiger partial charge in [-0.25, -0.2) is 4.79 Å². The minimum absolute atomic E-state index is 0.164. The van der Waals surface area contributed by atoms with Crippen LogP contribution in [0.15, 0.2) is 4.52 Å². The molecule has 0 unspecified atom stereocenters. The molecule has 2 amide bonds. The lowest BCUT2D eigenvalue weighted by atomic mass is 9.86. The van der Waals surface area contributed by atoms with Gasteiger partial charge in [-0.2, -0.15) is 0 Å². The highest BCUT2D eigenvalue weighted by molar-refractivity contribution is 5.90. The van der Waals surface area contributed by atoms with E-state index in [1.165, 1.54) is 19.3 Å². The quantitative estimate of drug-likeness (QED) is 0.849. The van der Waals surface area contributed by atoms with Crippen LogP contribution in [0.2, 0.25) is 0 Å². The number of amides is 2. The molecule has 1 heterocycles. The minimum Gasteiger partial charge on any atom is -0.359 e. The van der Waals surface area contributed by atoms with Gasteiger partial charge < -0.3 is 15.2 Å². The van der Waals surface area contributed by atoms with Crippen molar-refractivity contribution in [3.63, 3.8) is 0 Å². The Balaban J connectivity index is 1.92. The number of nitrogens with zero attached hydrogens (tertiary/aromatic N) is 1. The standard InChI is InChI=1S/C13H21N3O2/c1-8-6-4-5-7-11(8)14-13(17)15-12-9(2)16-18-10(12)3/h8,11H,4-7H2,1-3H3,(H2,14,15,17)/t8-,11+/m1/s1. The molecule has 1 saturated carbocycles. The largest absolute Gasteiger partial charge is 0.359 e. The Morgan fingerprint density at radius 3 is 2.67 bits per heavy atom. The molecule has 100 valence electrons. The topological polar surface area (TPSA) is 67.2 Å². The molecule has 1 aliphatic rings. The van der Waals surface area contributed by atoms with E-state index in [0.29, 0.717) is 23.1 Å². The molecular formula is C13H21N3O2. The van der Waals surface area contributed by atoms with Gasteiger partial charge in [0.05, 0.1) is 0 Å². The molecule has 0 spiro atoms. The van der Waals surface area contributed by atoms with Crippen molar-refractivity contribution in [1.29, 1.82) is 0 Å². The van der Waals surface area contributed by atoms with Gasteiger partial charge in [0.25, 0.3) is 0 Å². The van der Waals surface area contributed by atoms with Crippen LogP contribution in [0.3, 0.4) is 0 Å². The average Bonchev–Trinajstić information content (AvgIpc) is 2.64. The zero-order valence-corrected chi connectivity index (χ0v) is 11.2. The highest BCUT2D eigenvalue weighted by Crippen LogP contribution is 2.24. The highest BCUT2D eigenvalue weighted by atomic mass is 16.5. The second-order valence-corrected chi connectivity index (χ2v) is 5.17. The molecule has 2 atom stereocenters. The van der Waals surface area contributed by atoms with Crippen LogP contribution in [-0.2, 0) is 0 Å². The van der Waals surface area contributed by atoms with Gasteiger partial charge in [-0.3, -0.25) is 0 Å². The van der Waals surface area contributed by atoms with Crippen molar-refractivity contribution in [3.05, 3.63) is 11.5 Å². The van der Waals surface area contributed by atoms with Crippen molar-refractivity contribution in [1.82, 2.24) is 10.5 Å². The molecular weight excluding hydrogens is 230 g/mol. The van der Waals surface area contributed by atoms with E-state index in [1.807, 2.05) is 6.92 Å². The van der Waals surface area contributed by atoms with Crippen molar-refractivity contribution >= 4 is 11.7 Å². The van der Waals surface area contributed by atoms with E-state index in [2.05, 4.69) is 22.7 Å². The number of hydrogen-bond acceptors (Lipinski definition) is 3. The van der Waals surface area contributed by atoms with Crippen LogP contribution < -0.4 is 10.6 Å². The van der Waals surface area contributed by atoms with E-state index >= 15 is 0 Å². The first-order valence-corrected chi connectivity index (χ1v) is 6.58. The van der Waals surface area contributed by atoms with Crippen molar-refractivity contribution in [2.24, 2.45) is 5.92 Å². The smallest absolute Gasteiger partial charge is 0.319 e. The Kier molecular flexibility index (Phi) is 3.89. The van der Waals surface area contributed by atoms with E-state index in [0.717, 1.165) is 6.42 Å².